The Hall–Kier alpha value is -2.71. The second-order valence-corrected chi connectivity index (χ2v) is 6.68. The smallest absolute Gasteiger partial charge is 0.256 e. The molecule has 0 saturated carbocycles. The van der Waals surface area contributed by atoms with Gasteiger partial charge in [-0.15, -0.1) is 6.42 Å². The fraction of sp³-hybridized carbons (Fsp3) is 0.471. The molecule has 5 N–H and O–H groups in total. The van der Waals surface area contributed by atoms with E-state index in [1.54, 1.807) is 4.90 Å². The Kier molecular flexibility index (Phi) is 4.05. The minimum atomic E-state index is -2.13. The molecule has 2 aromatic heterocycles. The summed E-state index contributed by atoms with van der Waals surface area (Å²) in [6.07, 6.45) is 5.14. The number of rotatable bonds is 3. The number of nitrogen functional groups attached to an aromatic ring is 1. The molecule has 2 aliphatic heterocycles. The Balaban J connectivity index is 1.89. The number of fused-ring (bicyclic) bond motifs is 1. The van der Waals surface area contributed by atoms with Crippen LogP contribution in [0.3, 0.4) is 0 Å². The van der Waals surface area contributed by atoms with Crippen LogP contribution >= 0.6 is 0 Å². The summed E-state index contributed by atoms with van der Waals surface area (Å²) in [6.45, 7) is 0.731. The van der Waals surface area contributed by atoms with Crippen LogP contribution in [-0.2, 0) is 4.74 Å². The molecule has 4 heterocycles. The highest BCUT2D eigenvalue weighted by atomic mass is 16.6. The molecule has 0 spiro atoms. The van der Waals surface area contributed by atoms with E-state index >= 15 is 0 Å². The van der Waals surface area contributed by atoms with Crippen LogP contribution < -0.4 is 5.73 Å². The Bertz CT molecular complexity index is 949. The zero-order valence-corrected chi connectivity index (χ0v) is 14.3. The topological polar surface area (TPSA) is 147 Å². The third kappa shape index (κ3) is 2.40. The maximum absolute atomic E-state index is 12.8. The van der Waals surface area contributed by atoms with E-state index in [0.717, 1.165) is 6.42 Å². The van der Waals surface area contributed by atoms with Gasteiger partial charge in [-0.3, -0.25) is 4.79 Å². The number of amides is 1. The van der Waals surface area contributed by atoms with Crippen LogP contribution in [0.2, 0.25) is 0 Å². The first-order chi connectivity index (χ1) is 12.9. The summed E-state index contributed by atoms with van der Waals surface area (Å²) in [6, 6.07) is 0. The lowest BCUT2D eigenvalue weighted by Gasteiger charge is -2.30. The molecule has 0 aliphatic carbocycles. The Labute approximate surface area is 154 Å². The van der Waals surface area contributed by atoms with Crippen LogP contribution in [0, 0.1) is 12.3 Å². The second-order valence-electron chi connectivity index (χ2n) is 6.68. The predicted molar refractivity (Wildman–Crippen MR) is 93.2 cm³/mol. The molecule has 2 fully saturated rings. The number of hydrogen-bond acceptors (Lipinski definition) is 8. The molecule has 0 aromatic carbocycles. The Morgan fingerprint density at radius 2 is 2.22 bits per heavy atom. The van der Waals surface area contributed by atoms with Crippen molar-refractivity contribution in [3.63, 3.8) is 0 Å². The van der Waals surface area contributed by atoms with Gasteiger partial charge in [-0.1, -0.05) is 5.92 Å². The molecule has 4 atom stereocenters. The van der Waals surface area contributed by atoms with Crippen molar-refractivity contribution in [3.05, 3.63) is 18.1 Å². The Morgan fingerprint density at radius 1 is 1.48 bits per heavy atom. The lowest BCUT2D eigenvalue weighted by atomic mass is 9.95. The van der Waals surface area contributed by atoms with Crippen molar-refractivity contribution in [2.24, 2.45) is 0 Å². The van der Waals surface area contributed by atoms with Gasteiger partial charge in [0.25, 0.3) is 5.91 Å². The summed E-state index contributed by atoms with van der Waals surface area (Å²) in [5, 5.41) is 30.8. The van der Waals surface area contributed by atoms with E-state index in [9.17, 15) is 20.1 Å². The minimum absolute atomic E-state index is 0.101. The van der Waals surface area contributed by atoms with Gasteiger partial charge in [0.05, 0.1) is 17.6 Å². The van der Waals surface area contributed by atoms with Crippen molar-refractivity contribution in [2.75, 3.05) is 25.4 Å². The van der Waals surface area contributed by atoms with Crippen LogP contribution in [0.15, 0.2) is 12.5 Å². The predicted octanol–water partition coefficient (Wildman–Crippen LogP) is -1.53. The number of nitrogens with zero attached hydrogens (tertiary/aromatic N) is 4. The highest BCUT2D eigenvalue weighted by molar-refractivity contribution is 6.09. The molecule has 10 nitrogen and oxygen atoms in total. The zero-order chi connectivity index (χ0) is 19.3. The summed E-state index contributed by atoms with van der Waals surface area (Å²) in [4.78, 5) is 22.6. The van der Waals surface area contributed by atoms with Crippen molar-refractivity contribution in [2.45, 2.75) is 30.5 Å². The second kappa shape index (κ2) is 6.17. The lowest BCUT2D eigenvalue weighted by Crippen LogP contribution is -2.45. The van der Waals surface area contributed by atoms with Gasteiger partial charge in [-0.25, -0.2) is 9.97 Å². The summed E-state index contributed by atoms with van der Waals surface area (Å²) < 4.78 is 6.96. The van der Waals surface area contributed by atoms with Gasteiger partial charge in [0, 0.05) is 19.3 Å². The molecule has 1 amide bonds. The van der Waals surface area contributed by atoms with E-state index in [4.69, 9.17) is 16.9 Å². The number of anilines is 1. The maximum atomic E-state index is 12.8. The SMILES string of the molecule is C#C[C@@]1(O)[C@H](O)[C@@H](CO)O[C@H]1n1cc(C(=O)N2CCC2)c2c(N)ncnc21. The summed E-state index contributed by atoms with van der Waals surface area (Å²) >= 11 is 0. The van der Waals surface area contributed by atoms with E-state index in [1.165, 1.54) is 17.1 Å². The molecule has 0 unspecified atom stereocenters. The highest BCUT2D eigenvalue weighted by Gasteiger charge is 2.56. The quantitative estimate of drug-likeness (QED) is 0.474. The molecule has 0 radical (unpaired) electrons. The first-order valence-electron chi connectivity index (χ1n) is 8.47. The molecule has 0 bridgehead atoms. The molecule has 2 saturated heterocycles. The average molecular weight is 373 g/mol. The van der Waals surface area contributed by atoms with Gasteiger partial charge < -0.3 is 35.3 Å². The first-order valence-corrected chi connectivity index (χ1v) is 8.47. The van der Waals surface area contributed by atoms with E-state index in [-0.39, 0.29) is 22.9 Å². The van der Waals surface area contributed by atoms with Crippen molar-refractivity contribution in [1.29, 1.82) is 0 Å². The number of nitrogens with two attached hydrogens (primary N) is 1. The van der Waals surface area contributed by atoms with Crippen molar-refractivity contribution in [3.8, 4) is 12.3 Å². The number of carbonyl (C=O) groups is 1. The van der Waals surface area contributed by atoms with Gasteiger partial charge >= 0.3 is 0 Å². The van der Waals surface area contributed by atoms with Crippen molar-refractivity contribution >= 4 is 22.8 Å². The van der Waals surface area contributed by atoms with Crippen LogP contribution in [0.5, 0.6) is 0 Å². The van der Waals surface area contributed by atoms with E-state index in [0.29, 0.717) is 18.5 Å². The summed E-state index contributed by atoms with van der Waals surface area (Å²) in [5.74, 6) is 2.00. The third-order valence-electron chi connectivity index (χ3n) is 5.16. The number of hydrogen-bond donors (Lipinski definition) is 4. The number of carbonyl (C=O) groups excluding carboxylic acids is 1. The molecule has 2 aliphatic rings. The third-order valence-corrected chi connectivity index (χ3v) is 5.16. The summed E-state index contributed by atoms with van der Waals surface area (Å²) in [5.41, 5.74) is 4.34. The molecular formula is C17H19N5O5. The Morgan fingerprint density at radius 3 is 2.81 bits per heavy atom. The van der Waals surface area contributed by atoms with Gasteiger partial charge in [0.15, 0.2) is 11.8 Å². The first kappa shape index (κ1) is 17.7. The zero-order valence-electron chi connectivity index (χ0n) is 14.3. The molecule has 142 valence electrons. The van der Waals surface area contributed by atoms with Crippen LogP contribution in [0.25, 0.3) is 11.0 Å². The normalized spacial score (nSPS) is 30.3. The molecule has 4 rings (SSSR count). The lowest BCUT2D eigenvalue weighted by molar-refractivity contribution is -0.0718. The molecule has 10 heteroatoms. The maximum Gasteiger partial charge on any atom is 0.256 e. The van der Waals surface area contributed by atoms with E-state index < -0.39 is 30.6 Å². The number of ether oxygens (including phenoxy) is 1. The van der Waals surface area contributed by atoms with Crippen LogP contribution in [-0.4, -0.2) is 78.2 Å². The van der Waals surface area contributed by atoms with Crippen molar-refractivity contribution < 1.29 is 24.9 Å². The standard InChI is InChI=1S/C17H19N5O5/c1-2-17(26)12(24)10(7-23)27-16(17)22-6-9(15(25)21-4-3-5-21)11-13(18)19-8-20-14(11)22/h1,6,8,10,12,16,23-24,26H,3-5,7H2,(H2,18,19,20)/t10-,12-,16-,17-/m1/s1. The van der Waals surface area contributed by atoms with Crippen LogP contribution in [0.4, 0.5) is 5.82 Å². The number of likely N-dealkylation sites (tertiary alicyclic amines) is 1. The van der Waals surface area contributed by atoms with E-state index in [2.05, 4.69) is 15.9 Å². The average Bonchev–Trinajstić information content (AvgIpc) is 3.11. The van der Waals surface area contributed by atoms with Gasteiger partial charge in [0.1, 0.15) is 30.0 Å². The highest BCUT2D eigenvalue weighted by Crippen LogP contribution is 2.41. The molecular weight excluding hydrogens is 354 g/mol. The van der Waals surface area contributed by atoms with Gasteiger partial charge in [-0.2, -0.15) is 0 Å². The molecule has 2 aromatic rings. The fourth-order valence-electron chi connectivity index (χ4n) is 3.49. The van der Waals surface area contributed by atoms with Gasteiger partial charge in [-0.05, 0) is 6.42 Å². The summed E-state index contributed by atoms with van der Waals surface area (Å²) in [7, 11) is 0. The monoisotopic (exact) mass is 373 g/mol. The molecule has 27 heavy (non-hydrogen) atoms. The number of aliphatic hydroxyl groups excluding tert-OH is 2. The van der Waals surface area contributed by atoms with E-state index in [1.807, 2.05) is 0 Å². The largest absolute Gasteiger partial charge is 0.394 e. The van der Waals surface area contributed by atoms with Crippen molar-refractivity contribution in [1.82, 2.24) is 19.4 Å². The van der Waals surface area contributed by atoms with Crippen LogP contribution in [0.1, 0.15) is 23.0 Å². The number of aromatic nitrogens is 3. The number of terminal acetylenes is 1. The number of aliphatic hydroxyl groups is 3. The fourth-order valence-corrected chi connectivity index (χ4v) is 3.49. The minimum Gasteiger partial charge on any atom is -0.394 e. The van der Waals surface area contributed by atoms with Gasteiger partial charge in [0.2, 0.25) is 0 Å².